The quantitative estimate of drug-likeness (QED) is 0.576. The molecule has 114 valence electrons. The topological polar surface area (TPSA) is 64.8 Å². The first kappa shape index (κ1) is 18.4. The van der Waals surface area contributed by atoms with Gasteiger partial charge in [-0.2, -0.15) is 0 Å². The zero-order valence-electron chi connectivity index (χ0n) is 12.9. The molecule has 0 aromatic rings. The van der Waals surface area contributed by atoms with Gasteiger partial charge in [0.05, 0.1) is 19.3 Å². The fourth-order valence-electron chi connectivity index (χ4n) is 1.68. The van der Waals surface area contributed by atoms with Crippen molar-refractivity contribution < 1.29 is 14.3 Å². The summed E-state index contributed by atoms with van der Waals surface area (Å²) in [5.41, 5.74) is 6.01. The largest absolute Gasteiger partial charge is 0.380 e. The highest BCUT2D eigenvalue weighted by molar-refractivity contribution is 5.82. The van der Waals surface area contributed by atoms with E-state index in [1.807, 2.05) is 27.7 Å². The van der Waals surface area contributed by atoms with Crippen LogP contribution in [0.25, 0.3) is 0 Å². The van der Waals surface area contributed by atoms with E-state index in [1.54, 1.807) is 4.90 Å². The molecular formula is C14H30N2O3. The lowest BCUT2D eigenvalue weighted by Crippen LogP contribution is -2.49. The van der Waals surface area contributed by atoms with Gasteiger partial charge in [-0.05, 0) is 19.8 Å². The molecule has 0 radical (unpaired) electrons. The van der Waals surface area contributed by atoms with Gasteiger partial charge in [0.25, 0.3) is 0 Å². The molecule has 0 heterocycles. The minimum Gasteiger partial charge on any atom is -0.380 e. The molecule has 0 saturated carbocycles. The second-order valence-corrected chi connectivity index (χ2v) is 4.63. The predicted octanol–water partition coefficient (Wildman–Crippen LogP) is 1.26. The van der Waals surface area contributed by atoms with Gasteiger partial charge < -0.3 is 20.1 Å². The van der Waals surface area contributed by atoms with Gasteiger partial charge in [0.15, 0.2) is 0 Å². The molecule has 2 atom stereocenters. The van der Waals surface area contributed by atoms with Gasteiger partial charge in [-0.3, -0.25) is 4.79 Å². The molecule has 0 rings (SSSR count). The second kappa shape index (κ2) is 11.2. The van der Waals surface area contributed by atoms with Gasteiger partial charge in [-0.1, -0.05) is 20.3 Å². The Kier molecular flexibility index (Phi) is 10.8. The Labute approximate surface area is 117 Å². The summed E-state index contributed by atoms with van der Waals surface area (Å²) in [7, 11) is 0. The zero-order valence-corrected chi connectivity index (χ0v) is 12.9. The first-order chi connectivity index (χ1) is 9.08. The summed E-state index contributed by atoms with van der Waals surface area (Å²) in [6, 6.07) is -0.437. The van der Waals surface area contributed by atoms with E-state index in [-0.39, 0.29) is 11.8 Å². The predicted molar refractivity (Wildman–Crippen MR) is 77.0 cm³/mol. The summed E-state index contributed by atoms with van der Waals surface area (Å²) in [5.74, 6) is 0.183. The first-order valence-electron chi connectivity index (χ1n) is 7.28. The van der Waals surface area contributed by atoms with E-state index < -0.39 is 6.04 Å². The van der Waals surface area contributed by atoms with Crippen LogP contribution in [0.15, 0.2) is 0 Å². The smallest absolute Gasteiger partial charge is 0.239 e. The van der Waals surface area contributed by atoms with Crippen molar-refractivity contribution in [2.45, 2.75) is 40.2 Å². The van der Waals surface area contributed by atoms with Gasteiger partial charge in [-0.25, -0.2) is 0 Å². The van der Waals surface area contributed by atoms with Gasteiger partial charge in [0.1, 0.15) is 0 Å². The van der Waals surface area contributed by atoms with E-state index >= 15 is 0 Å². The lowest BCUT2D eigenvalue weighted by atomic mass is 9.99. The Morgan fingerprint density at radius 3 is 1.95 bits per heavy atom. The third kappa shape index (κ3) is 7.50. The molecule has 0 aliphatic rings. The molecule has 0 aromatic heterocycles. The lowest BCUT2D eigenvalue weighted by molar-refractivity contribution is -0.135. The zero-order chi connectivity index (χ0) is 14.7. The molecular weight excluding hydrogens is 244 g/mol. The van der Waals surface area contributed by atoms with Crippen LogP contribution >= 0.6 is 0 Å². The van der Waals surface area contributed by atoms with Crippen molar-refractivity contribution in [2.75, 3.05) is 39.5 Å². The summed E-state index contributed by atoms with van der Waals surface area (Å²) < 4.78 is 10.6. The monoisotopic (exact) mass is 274 g/mol. The Hall–Kier alpha value is -0.650. The van der Waals surface area contributed by atoms with E-state index in [2.05, 4.69) is 0 Å². The van der Waals surface area contributed by atoms with Crippen molar-refractivity contribution in [1.82, 2.24) is 4.90 Å². The molecule has 0 saturated heterocycles. The van der Waals surface area contributed by atoms with Crippen LogP contribution in [-0.4, -0.2) is 56.4 Å². The van der Waals surface area contributed by atoms with E-state index in [0.717, 1.165) is 6.42 Å². The minimum absolute atomic E-state index is 0.00578. The second-order valence-electron chi connectivity index (χ2n) is 4.63. The molecule has 0 aliphatic heterocycles. The highest BCUT2D eigenvalue weighted by Crippen LogP contribution is 2.08. The van der Waals surface area contributed by atoms with Crippen LogP contribution in [0, 0.1) is 5.92 Å². The Morgan fingerprint density at radius 1 is 1.11 bits per heavy atom. The van der Waals surface area contributed by atoms with Crippen molar-refractivity contribution >= 4 is 5.91 Å². The van der Waals surface area contributed by atoms with Gasteiger partial charge >= 0.3 is 0 Å². The average molecular weight is 274 g/mol. The number of nitrogens with zero attached hydrogens (tertiary/aromatic N) is 1. The first-order valence-corrected chi connectivity index (χ1v) is 7.28. The number of hydrogen-bond acceptors (Lipinski definition) is 4. The molecule has 0 fully saturated rings. The van der Waals surface area contributed by atoms with E-state index in [9.17, 15) is 4.79 Å². The van der Waals surface area contributed by atoms with Crippen LogP contribution in [0.5, 0.6) is 0 Å². The summed E-state index contributed by atoms with van der Waals surface area (Å²) in [5, 5.41) is 0. The summed E-state index contributed by atoms with van der Waals surface area (Å²) in [4.78, 5) is 14.1. The molecule has 0 spiro atoms. The van der Waals surface area contributed by atoms with Gasteiger partial charge in [0.2, 0.25) is 5.91 Å². The number of carbonyl (C=O) groups is 1. The SMILES string of the molecule is CCOCCN(CCOCC)C(=O)C(N)C(C)CC. The number of amides is 1. The molecule has 5 heteroatoms. The van der Waals surface area contributed by atoms with Crippen molar-refractivity contribution in [3.63, 3.8) is 0 Å². The van der Waals surface area contributed by atoms with Gasteiger partial charge in [-0.15, -0.1) is 0 Å². The summed E-state index contributed by atoms with van der Waals surface area (Å²) >= 11 is 0. The maximum absolute atomic E-state index is 12.3. The van der Waals surface area contributed by atoms with Crippen LogP contribution in [0.3, 0.4) is 0 Å². The molecule has 19 heavy (non-hydrogen) atoms. The summed E-state index contributed by atoms with van der Waals surface area (Å²) in [6.07, 6.45) is 0.900. The van der Waals surface area contributed by atoms with E-state index in [1.165, 1.54) is 0 Å². The fourth-order valence-corrected chi connectivity index (χ4v) is 1.68. The third-order valence-corrected chi connectivity index (χ3v) is 3.27. The summed E-state index contributed by atoms with van der Waals surface area (Å²) in [6.45, 7) is 11.5. The molecule has 0 bridgehead atoms. The maximum Gasteiger partial charge on any atom is 0.239 e. The van der Waals surface area contributed by atoms with Crippen LogP contribution < -0.4 is 5.73 Å². The number of ether oxygens (including phenoxy) is 2. The lowest BCUT2D eigenvalue weighted by Gasteiger charge is -2.28. The average Bonchev–Trinajstić information content (AvgIpc) is 2.43. The van der Waals surface area contributed by atoms with Crippen molar-refractivity contribution in [3.8, 4) is 0 Å². The van der Waals surface area contributed by atoms with Crippen LogP contribution in [-0.2, 0) is 14.3 Å². The standard InChI is InChI=1S/C14H30N2O3/c1-5-12(4)13(15)14(17)16(8-10-18-6-2)9-11-19-7-3/h12-13H,5-11,15H2,1-4H3. The number of nitrogens with two attached hydrogens (primary N) is 1. The Bertz CT molecular complexity index is 227. The molecule has 2 N–H and O–H groups in total. The Balaban J connectivity index is 4.38. The molecule has 5 nitrogen and oxygen atoms in total. The van der Waals surface area contributed by atoms with Crippen molar-refractivity contribution in [1.29, 1.82) is 0 Å². The highest BCUT2D eigenvalue weighted by atomic mass is 16.5. The Morgan fingerprint density at radius 2 is 1.58 bits per heavy atom. The maximum atomic E-state index is 12.3. The molecule has 1 amide bonds. The van der Waals surface area contributed by atoms with E-state index in [0.29, 0.717) is 39.5 Å². The third-order valence-electron chi connectivity index (χ3n) is 3.27. The van der Waals surface area contributed by atoms with Crippen molar-refractivity contribution in [2.24, 2.45) is 11.7 Å². The minimum atomic E-state index is -0.437. The number of rotatable bonds is 11. The molecule has 0 aromatic carbocycles. The van der Waals surface area contributed by atoms with Crippen LogP contribution in [0.2, 0.25) is 0 Å². The molecule has 0 aliphatic carbocycles. The van der Waals surface area contributed by atoms with Crippen LogP contribution in [0.1, 0.15) is 34.1 Å². The number of hydrogen-bond donors (Lipinski definition) is 1. The van der Waals surface area contributed by atoms with Gasteiger partial charge in [0, 0.05) is 26.3 Å². The van der Waals surface area contributed by atoms with E-state index in [4.69, 9.17) is 15.2 Å². The van der Waals surface area contributed by atoms with Crippen LogP contribution in [0.4, 0.5) is 0 Å². The highest BCUT2D eigenvalue weighted by Gasteiger charge is 2.24. The van der Waals surface area contributed by atoms with Crippen molar-refractivity contribution in [3.05, 3.63) is 0 Å². The number of carbonyl (C=O) groups excluding carboxylic acids is 1. The normalized spacial score (nSPS) is 14.2. The molecule has 2 unspecified atom stereocenters. The fraction of sp³-hybridized carbons (Fsp3) is 0.929.